The zero-order valence-electron chi connectivity index (χ0n) is 17.5. The molecule has 1 aliphatic heterocycles. The number of amides is 1. The SMILES string of the molecule is CC(C)C(CS(=O)(=O)c1ccccc1)C(=O)CC1Cc2cnoc2CCNC(=O)C1=O. The molecule has 2 aromatic rings. The van der Waals surface area contributed by atoms with Crippen LogP contribution >= 0.6 is 0 Å². The van der Waals surface area contributed by atoms with Gasteiger partial charge in [-0.1, -0.05) is 37.2 Å². The summed E-state index contributed by atoms with van der Waals surface area (Å²) in [6.07, 6.45) is 1.83. The van der Waals surface area contributed by atoms with Crippen molar-refractivity contribution in [3.05, 3.63) is 47.9 Å². The molecule has 2 atom stereocenters. The van der Waals surface area contributed by atoms with E-state index in [1.54, 1.807) is 32.0 Å². The van der Waals surface area contributed by atoms with Gasteiger partial charge in [-0.05, 0) is 24.5 Å². The third kappa shape index (κ3) is 5.46. The lowest BCUT2D eigenvalue weighted by atomic mass is 9.84. The van der Waals surface area contributed by atoms with Gasteiger partial charge in [-0.3, -0.25) is 14.4 Å². The summed E-state index contributed by atoms with van der Waals surface area (Å²) in [4.78, 5) is 38.2. The van der Waals surface area contributed by atoms with Crippen LogP contribution in [0.15, 0.2) is 45.9 Å². The van der Waals surface area contributed by atoms with Crippen LogP contribution in [0.2, 0.25) is 0 Å². The number of carbonyl (C=O) groups is 3. The van der Waals surface area contributed by atoms with Gasteiger partial charge >= 0.3 is 0 Å². The number of sulfone groups is 1. The second kappa shape index (κ2) is 9.55. The van der Waals surface area contributed by atoms with Gasteiger partial charge in [-0.2, -0.15) is 0 Å². The molecular weight excluding hydrogens is 420 g/mol. The number of aromatic nitrogens is 1. The number of benzene rings is 1. The molecule has 3 rings (SSSR count). The summed E-state index contributed by atoms with van der Waals surface area (Å²) >= 11 is 0. The highest BCUT2D eigenvalue weighted by Gasteiger charge is 2.35. The second-order valence-corrected chi connectivity index (χ2v) is 10.2. The molecule has 1 amide bonds. The zero-order chi connectivity index (χ0) is 22.6. The van der Waals surface area contributed by atoms with Crippen LogP contribution in [0, 0.1) is 17.8 Å². The minimum atomic E-state index is -3.68. The molecule has 1 aliphatic rings. The lowest BCUT2D eigenvalue weighted by Gasteiger charge is -2.22. The number of nitrogens with one attached hydrogen (secondary N) is 1. The Morgan fingerprint density at radius 1 is 1.23 bits per heavy atom. The average Bonchev–Trinajstić information content (AvgIpc) is 3.18. The number of fused-ring (bicyclic) bond motifs is 1. The van der Waals surface area contributed by atoms with Gasteiger partial charge in [0.1, 0.15) is 11.5 Å². The predicted octanol–water partition coefficient (Wildman–Crippen LogP) is 1.78. The molecule has 9 heteroatoms. The van der Waals surface area contributed by atoms with Gasteiger partial charge in [-0.25, -0.2) is 8.42 Å². The highest BCUT2D eigenvalue weighted by atomic mass is 32.2. The fraction of sp³-hybridized carbons (Fsp3) is 0.455. The number of ketones is 2. The van der Waals surface area contributed by atoms with E-state index >= 15 is 0 Å². The van der Waals surface area contributed by atoms with E-state index in [-0.39, 0.29) is 41.7 Å². The van der Waals surface area contributed by atoms with Crippen LogP contribution in [0.25, 0.3) is 0 Å². The minimum absolute atomic E-state index is 0.146. The lowest BCUT2D eigenvalue weighted by Crippen LogP contribution is -2.38. The average molecular weight is 447 g/mol. The largest absolute Gasteiger partial charge is 0.361 e. The zero-order valence-corrected chi connectivity index (χ0v) is 18.4. The maximum atomic E-state index is 13.2. The van der Waals surface area contributed by atoms with Crippen LogP contribution in [0.3, 0.4) is 0 Å². The van der Waals surface area contributed by atoms with Crippen LogP contribution in [-0.4, -0.2) is 43.3 Å². The molecule has 0 spiro atoms. The maximum absolute atomic E-state index is 13.2. The molecular formula is C22H26N2O6S. The normalized spacial score (nSPS) is 18.5. The van der Waals surface area contributed by atoms with Crippen molar-refractivity contribution in [2.45, 2.75) is 38.0 Å². The van der Waals surface area contributed by atoms with E-state index in [0.717, 1.165) is 0 Å². The fourth-order valence-electron chi connectivity index (χ4n) is 3.75. The first-order chi connectivity index (χ1) is 14.7. The Labute approximate surface area is 181 Å². The van der Waals surface area contributed by atoms with Crippen molar-refractivity contribution < 1.29 is 27.3 Å². The molecule has 8 nitrogen and oxygen atoms in total. The molecule has 2 heterocycles. The minimum Gasteiger partial charge on any atom is -0.361 e. The van der Waals surface area contributed by atoms with E-state index < -0.39 is 33.4 Å². The van der Waals surface area contributed by atoms with Gasteiger partial charge < -0.3 is 9.84 Å². The Morgan fingerprint density at radius 2 is 1.94 bits per heavy atom. The van der Waals surface area contributed by atoms with Crippen LogP contribution in [-0.2, 0) is 37.1 Å². The fourth-order valence-corrected chi connectivity index (χ4v) is 5.56. The molecule has 1 aromatic carbocycles. The standard InChI is InChI=1S/C22H26N2O6S/c1-14(2)18(13-31(28,29)17-6-4-3-5-7-17)19(25)11-15-10-16-12-24-30-20(16)8-9-23-22(27)21(15)26/h3-7,12,14-15,18H,8-11,13H2,1-2H3,(H,23,27). The highest BCUT2D eigenvalue weighted by molar-refractivity contribution is 7.91. The van der Waals surface area contributed by atoms with E-state index in [1.165, 1.54) is 18.3 Å². The third-order valence-electron chi connectivity index (χ3n) is 5.60. The Morgan fingerprint density at radius 3 is 2.61 bits per heavy atom. The topological polar surface area (TPSA) is 123 Å². The molecule has 0 radical (unpaired) electrons. The van der Waals surface area contributed by atoms with Gasteiger partial charge in [0.25, 0.3) is 5.91 Å². The van der Waals surface area contributed by atoms with Crippen LogP contribution in [0.5, 0.6) is 0 Å². The van der Waals surface area contributed by atoms with Crippen LogP contribution in [0.4, 0.5) is 0 Å². The lowest BCUT2D eigenvalue weighted by molar-refractivity contribution is -0.141. The van der Waals surface area contributed by atoms with Crippen molar-refractivity contribution in [3.8, 4) is 0 Å². The third-order valence-corrected chi connectivity index (χ3v) is 7.38. The highest BCUT2D eigenvalue weighted by Crippen LogP contribution is 2.25. The summed E-state index contributed by atoms with van der Waals surface area (Å²) in [5.41, 5.74) is 0.681. The molecule has 31 heavy (non-hydrogen) atoms. The number of nitrogens with zero attached hydrogens (tertiary/aromatic N) is 1. The monoisotopic (exact) mass is 446 g/mol. The Bertz CT molecular complexity index is 1060. The Balaban J connectivity index is 1.82. The first kappa shape index (κ1) is 22.9. The van der Waals surface area contributed by atoms with Gasteiger partial charge in [-0.15, -0.1) is 0 Å². The molecule has 0 fully saturated rings. The van der Waals surface area contributed by atoms with E-state index in [1.807, 2.05) is 0 Å². The van der Waals surface area contributed by atoms with Gasteiger partial charge in [0, 0.05) is 36.8 Å². The van der Waals surface area contributed by atoms with E-state index in [4.69, 9.17) is 4.52 Å². The number of hydrogen-bond donors (Lipinski definition) is 1. The predicted molar refractivity (Wildman–Crippen MR) is 112 cm³/mol. The van der Waals surface area contributed by atoms with Crippen molar-refractivity contribution in [2.75, 3.05) is 12.3 Å². The Kier molecular flexibility index (Phi) is 7.04. The summed E-state index contributed by atoms with van der Waals surface area (Å²) in [6, 6.07) is 7.97. The molecule has 166 valence electrons. The summed E-state index contributed by atoms with van der Waals surface area (Å²) in [7, 11) is -3.68. The summed E-state index contributed by atoms with van der Waals surface area (Å²) in [5, 5.41) is 6.29. The first-order valence-corrected chi connectivity index (χ1v) is 11.9. The van der Waals surface area contributed by atoms with Crippen molar-refractivity contribution in [1.82, 2.24) is 10.5 Å². The first-order valence-electron chi connectivity index (χ1n) is 10.2. The van der Waals surface area contributed by atoms with Gasteiger partial charge in [0.05, 0.1) is 16.8 Å². The molecule has 0 saturated heterocycles. The molecule has 0 saturated carbocycles. The molecule has 0 aliphatic carbocycles. The van der Waals surface area contributed by atoms with E-state index in [0.29, 0.717) is 17.7 Å². The Hall–Kier alpha value is -2.81. The smallest absolute Gasteiger partial charge is 0.287 e. The van der Waals surface area contributed by atoms with Crippen LogP contribution in [0.1, 0.15) is 31.6 Å². The van der Waals surface area contributed by atoms with Crippen molar-refractivity contribution in [2.24, 2.45) is 17.8 Å². The summed E-state index contributed by atoms with van der Waals surface area (Å²) in [6.45, 7) is 3.79. The number of hydrogen-bond acceptors (Lipinski definition) is 7. The molecule has 0 bridgehead atoms. The number of Topliss-reactive ketones (excluding diaryl/α,β-unsaturated/α-hetero) is 2. The summed E-state index contributed by atoms with van der Waals surface area (Å²) in [5.74, 6) is -3.50. The maximum Gasteiger partial charge on any atom is 0.287 e. The van der Waals surface area contributed by atoms with Crippen molar-refractivity contribution >= 4 is 27.3 Å². The van der Waals surface area contributed by atoms with Crippen molar-refractivity contribution in [3.63, 3.8) is 0 Å². The molecule has 1 aromatic heterocycles. The van der Waals surface area contributed by atoms with Gasteiger partial charge in [0.15, 0.2) is 9.84 Å². The quantitative estimate of drug-likeness (QED) is 0.643. The van der Waals surface area contributed by atoms with Gasteiger partial charge in [0.2, 0.25) is 5.78 Å². The van der Waals surface area contributed by atoms with E-state index in [9.17, 15) is 22.8 Å². The number of carbonyl (C=O) groups excluding carboxylic acids is 3. The second-order valence-electron chi connectivity index (χ2n) is 8.16. The summed E-state index contributed by atoms with van der Waals surface area (Å²) < 4.78 is 30.9. The van der Waals surface area contributed by atoms with Crippen molar-refractivity contribution in [1.29, 1.82) is 0 Å². The molecule has 1 N–H and O–H groups in total. The number of rotatable bonds is 7. The van der Waals surface area contributed by atoms with Crippen LogP contribution < -0.4 is 5.32 Å². The molecule has 2 unspecified atom stereocenters. The van der Waals surface area contributed by atoms with E-state index in [2.05, 4.69) is 10.5 Å².